The zero-order chi connectivity index (χ0) is 19.4. The highest BCUT2D eigenvalue weighted by molar-refractivity contribution is 5.73. The Balaban J connectivity index is 1.55. The van der Waals surface area contributed by atoms with Crippen molar-refractivity contribution in [3.63, 3.8) is 0 Å². The summed E-state index contributed by atoms with van der Waals surface area (Å²) in [7, 11) is 3.36. The van der Waals surface area contributed by atoms with E-state index in [0.717, 1.165) is 42.0 Å². The van der Waals surface area contributed by atoms with Gasteiger partial charge in [0.1, 0.15) is 17.7 Å². The Bertz CT molecular complexity index is 800. The molecule has 0 bridgehead atoms. The molecule has 2 aromatic rings. The van der Waals surface area contributed by atoms with Gasteiger partial charge in [0, 0.05) is 31.0 Å². The second-order valence-electron chi connectivity index (χ2n) is 6.70. The van der Waals surface area contributed by atoms with Crippen molar-refractivity contribution in [2.24, 2.45) is 0 Å². The average Bonchev–Trinajstić information content (AvgIpc) is 3.33. The molecule has 2 amide bonds. The van der Waals surface area contributed by atoms with Crippen LogP contribution >= 0.6 is 0 Å². The minimum absolute atomic E-state index is 0.0426. The number of methoxy groups -OCH3 is 1. The van der Waals surface area contributed by atoms with Gasteiger partial charge in [-0.3, -0.25) is 10.1 Å². The number of aromatic nitrogens is 4. The van der Waals surface area contributed by atoms with Crippen LogP contribution in [0.1, 0.15) is 47.4 Å². The first-order valence-electron chi connectivity index (χ1n) is 9.00. The summed E-state index contributed by atoms with van der Waals surface area (Å²) < 4.78 is 11.0. The van der Waals surface area contributed by atoms with Crippen molar-refractivity contribution < 1.29 is 14.3 Å². The number of rotatable bonds is 6. The zero-order valence-corrected chi connectivity index (χ0v) is 16.2. The number of hydrogen-bond acceptors (Lipinski definition) is 6. The van der Waals surface area contributed by atoms with Crippen molar-refractivity contribution in [2.75, 3.05) is 20.8 Å². The molecule has 0 saturated carbocycles. The van der Waals surface area contributed by atoms with Gasteiger partial charge in [0.25, 0.3) is 0 Å². The van der Waals surface area contributed by atoms with E-state index in [1.54, 1.807) is 25.3 Å². The maximum absolute atomic E-state index is 12.4. The molecule has 27 heavy (non-hydrogen) atoms. The van der Waals surface area contributed by atoms with Crippen molar-refractivity contribution >= 4 is 6.03 Å². The quantitative estimate of drug-likeness (QED) is 0.801. The summed E-state index contributed by atoms with van der Waals surface area (Å²) in [5.74, 6) is 2.06. The van der Waals surface area contributed by atoms with Crippen molar-refractivity contribution in [3.8, 4) is 5.75 Å². The van der Waals surface area contributed by atoms with E-state index < -0.39 is 0 Å². The first-order chi connectivity index (χ1) is 13.0. The molecule has 1 fully saturated rings. The second-order valence-corrected chi connectivity index (χ2v) is 6.70. The van der Waals surface area contributed by atoms with Crippen molar-refractivity contribution in [1.29, 1.82) is 0 Å². The summed E-state index contributed by atoms with van der Waals surface area (Å²) in [5, 5.41) is 9.87. The maximum Gasteiger partial charge on any atom is 0.317 e. The van der Waals surface area contributed by atoms with Gasteiger partial charge in [-0.2, -0.15) is 5.10 Å². The SMILES string of the molecule is COc1c(C)cnc(CN(C)C(=O)NCc2nc(C3CCCO3)n[nH]2)c1C. The molecule has 0 spiro atoms. The number of carbonyl (C=O) groups is 1. The molecule has 9 nitrogen and oxygen atoms in total. The molecule has 3 heterocycles. The highest BCUT2D eigenvalue weighted by atomic mass is 16.5. The highest BCUT2D eigenvalue weighted by Gasteiger charge is 2.22. The number of nitrogens with zero attached hydrogens (tertiary/aromatic N) is 4. The summed E-state index contributed by atoms with van der Waals surface area (Å²) in [6.45, 7) is 5.29. The zero-order valence-electron chi connectivity index (χ0n) is 16.2. The normalized spacial score (nSPS) is 16.4. The molecule has 1 aliphatic heterocycles. The predicted octanol–water partition coefficient (Wildman–Crippen LogP) is 2.02. The average molecular weight is 374 g/mol. The van der Waals surface area contributed by atoms with E-state index in [0.29, 0.717) is 18.2 Å². The second kappa shape index (κ2) is 8.34. The number of nitrogens with one attached hydrogen (secondary N) is 2. The van der Waals surface area contributed by atoms with E-state index in [4.69, 9.17) is 9.47 Å². The maximum atomic E-state index is 12.4. The molecule has 146 valence electrons. The smallest absolute Gasteiger partial charge is 0.317 e. The van der Waals surface area contributed by atoms with E-state index >= 15 is 0 Å². The number of amides is 2. The molecule has 0 aliphatic carbocycles. The summed E-state index contributed by atoms with van der Waals surface area (Å²) in [5.41, 5.74) is 2.71. The Morgan fingerprint density at radius 3 is 3.00 bits per heavy atom. The van der Waals surface area contributed by atoms with Gasteiger partial charge in [-0.05, 0) is 26.7 Å². The van der Waals surface area contributed by atoms with Gasteiger partial charge >= 0.3 is 6.03 Å². The fraction of sp³-hybridized carbons (Fsp3) is 0.556. The summed E-state index contributed by atoms with van der Waals surface area (Å²) >= 11 is 0. The van der Waals surface area contributed by atoms with Gasteiger partial charge in [-0.1, -0.05) is 0 Å². The minimum atomic E-state index is -0.217. The van der Waals surface area contributed by atoms with E-state index in [-0.39, 0.29) is 18.7 Å². The summed E-state index contributed by atoms with van der Waals surface area (Å²) in [4.78, 5) is 22.8. The molecule has 9 heteroatoms. The van der Waals surface area contributed by atoms with E-state index in [1.165, 1.54) is 0 Å². The van der Waals surface area contributed by atoms with Gasteiger partial charge in [-0.25, -0.2) is 9.78 Å². The molecule has 0 aromatic carbocycles. The third-order valence-electron chi connectivity index (χ3n) is 4.66. The number of aryl methyl sites for hydroxylation is 1. The molecule has 1 aliphatic rings. The molecule has 2 aromatic heterocycles. The van der Waals surface area contributed by atoms with Crippen LogP contribution in [0, 0.1) is 13.8 Å². The molecule has 1 unspecified atom stereocenters. The Kier molecular flexibility index (Phi) is 5.90. The Labute approximate surface area is 158 Å². The number of hydrogen-bond donors (Lipinski definition) is 2. The topological polar surface area (TPSA) is 105 Å². The van der Waals surface area contributed by atoms with E-state index in [2.05, 4.69) is 25.5 Å². The summed E-state index contributed by atoms with van der Waals surface area (Å²) in [6, 6.07) is -0.217. The van der Waals surface area contributed by atoms with Crippen LogP contribution in [0.3, 0.4) is 0 Å². The standard InChI is InChI=1S/C18H26N6O3/c1-11-8-19-13(12(2)16(11)26-4)10-24(3)18(25)20-9-15-21-17(23-22-15)14-6-5-7-27-14/h8,14H,5-7,9-10H2,1-4H3,(H,20,25)(H,21,22,23). The lowest BCUT2D eigenvalue weighted by Gasteiger charge is -2.19. The first kappa shape index (κ1) is 19.1. The Morgan fingerprint density at radius 1 is 1.48 bits per heavy atom. The van der Waals surface area contributed by atoms with Crippen LogP contribution in [0.25, 0.3) is 0 Å². The molecule has 1 atom stereocenters. The number of H-pyrrole nitrogens is 1. The fourth-order valence-electron chi connectivity index (χ4n) is 3.14. The first-order valence-corrected chi connectivity index (χ1v) is 9.00. The largest absolute Gasteiger partial charge is 0.496 e. The third kappa shape index (κ3) is 4.36. The molecular formula is C18H26N6O3. The van der Waals surface area contributed by atoms with E-state index in [9.17, 15) is 4.79 Å². The van der Waals surface area contributed by atoms with E-state index in [1.807, 2.05) is 13.8 Å². The molecule has 3 rings (SSSR count). The lowest BCUT2D eigenvalue weighted by molar-refractivity contribution is 0.105. The molecule has 1 saturated heterocycles. The molecular weight excluding hydrogens is 348 g/mol. The van der Waals surface area contributed by atoms with Crippen molar-refractivity contribution in [2.45, 2.75) is 45.9 Å². The molecule has 0 radical (unpaired) electrons. The van der Waals surface area contributed by atoms with Gasteiger partial charge in [0.05, 0.1) is 25.9 Å². The van der Waals surface area contributed by atoms with Crippen LogP contribution < -0.4 is 10.1 Å². The minimum Gasteiger partial charge on any atom is -0.496 e. The molecule has 2 N–H and O–H groups in total. The third-order valence-corrected chi connectivity index (χ3v) is 4.66. The van der Waals surface area contributed by atoms with Gasteiger partial charge in [0.15, 0.2) is 5.82 Å². The number of aromatic amines is 1. The predicted molar refractivity (Wildman–Crippen MR) is 98.3 cm³/mol. The van der Waals surface area contributed by atoms with Crippen LogP contribution in [0.2, 0.25) is 0 Å². The van der Waals surface area contributed by atoms with Crippen LogP contribution in [0.15, 0.2) is 6.20 Å². The van der Waals surface area contributed by atoms with Gasteiger partial charge < -0.3 is 19.7 Å². The number of carbonyl (C=O) groups excluding carboxylic acids is 1. The number of pyridine rings is 1. The highest BCUT2D eigenvalue weighted by Crippen LogP contribution is 2.26. The monoisotopic (exact) mass is 374 g/mol. The Hall–Kier alpha value is -2.68. The van der Waals surface area contributed by atoms with Crippen LogP contribution in [-0.2, 0) is 17.8 Å². The van der Waals surface area contributed by atoms with Crippen LogP contribution in [0.4, 0.5) is 4.79 Å². The van der Waals surface area contributed by atoms with Crippen molar-refractivity contribution in [3.05, 3.63) is 34.7 Å². The Morgan fingerprint density at radius 2 is 2.30 bits per heavy atom. The van der Waals surface area contributed by atoms with Gasteiger partial charge in [-0.15, -0.1) is 0 Å². The van der Waals surface area contributed by atoms with Crippen molar-refractivity contribution in [1.82, 2.24) is 30.4 Å². The lowest BCUT2D eigenvalue weighted by Crippen LogP contribution is -2.37. The van der Waals surface area contributed by atoms with Crippen LogP contribution in [-0.4, -0.2) is 51.9 Å². The van der Waals surface area contributed by atoms with Crippen LogP contribution in [0.5, 0.6) is 5.75 Å². The lowest BCUT2D eigenvalue weighted by atomic mass is 10.1. The van der Waals surface area contributed by atoms with Gasteiger partial charge in [0.2, 0.25) is 0 Å². The summed E-state index contributed by atoms with van der Waals surface area (Å²) in [6.07, 6.45) is 3.67. The fourth-order valence-corrected chi connectivity index (χ4v) is 3.14. The number of urea groups is 1. The number of ether oxygens (including phenoxy) is 2.